The van der Waals surface area contributed by atoms with Crippen molar-refractivity contribution >= 4 is 23.1 Å². The molecule has 0 spiro atoms. The van der Waals surface area contributed by atoms with Crippen LogP contribution in [-0.4, -0.2) is 29.0 Å². The molecule has 0 radical (unpaired) electrons. The van der Waals surface area contributed by atoms with Gasteiger partial charge in [0.05, 0.1) is 30.5 Å². The van der Waals surface area contributed by atoms with E-state index in [0.717, 1.165) is 5.56 Å². The molecule has 0 bridgehead atoms. The Morgan fingerprint density at radius 3 is 2.54 bits per heavy atom. The number of fused-ring (bicyclic) bond motifs is 1. The van der Waals surface area contributed by atoms with Gasteiger partial charge in [-0.1, -0.05) is 42.5 Å². The third-order valence-corrected chi connectivity index (χ3v) is 5.22. The molecular formula is C27H19N3O5. The molecule has 0 N–H and O–H groups in total. The molecule has 0 aliphatic carbocycles. The first-order chi connectivity index (χ1) is 17.1. The predicted molar refractivity (Wildman–Crippen MR) is 131 cm³/mol. The van der Waals surface area contributed by atoms with Crippen molar-refractivity contribution in [1.29, 1.82) is 0 Å². The molecule has 0 aliphatic heterocycles. The summed E-state index contributed by atoms with van der Waals surface area (Å²) in [5.41, 5.74) is 1.68. The first kappa shape index (κ1) is 21.8. The summed E-state index contributed by atoms with van der Waals surface area (Å²) in [6.07, 6.45) is 2.91. The molecule has 2 aromatic heterocycles. The number of carbonyl (C=O) groups excluding carboxylic acids is 1. The maximum Gasteiger partial charge on any atom is 0.379 e. The van der Waals surface area contributed by atoms with Crippen LogP contribution in [0.2, 0.25) is 0 Å². The van der Waals surface area contributed by atoms with Gasteiger partial charge in [-0.3, -0.25) is 4.79 Å². The van der Waals surface area contributed by atoms with Crippen molar-refractivity contribution in [3.8, 4) is 22.9 Å². The first-order valence-electron chi connectivity index (χ1n) is 10.7. The third kappa shape index (κ3) is 4.45. The summed E-state index contributed by atoms with van der Waals surface area (Å²) in [4.78, 5) is 30.2. The minimum Gasteiger partial charge on any atom is -0.493 e. The maximum atomic E-state index is 13.3. The Hall–Kier alpha value is -4.98. The van der Waals surface area contributed by atoms with Gasteiger partial charge < -0.3 is 13.9 Å². The van der Waals surface area contributed by atoms with Crippen molar-refractivity contribution < 1.29 is 18.7 Å². The molecule has 35 heavy (non-hydrogen) atoms. The number of ether oxygens (including phenoxy) is 2. The number of carbonyl (C=O) groups is 1. The summed E-state index contributed by atoms with van der Waals surface area (Å²) < 4.78 is 17.1. The molecule has 0 saturated carbocycles. The molecule has 0 unspecified atom stereocenters. The van der Waals surface area contributed by atoms with E-state index in [1.807, 2.05) is 36.4 Å². The summed E-state index contributed by atoms with van der Waals surface area (Å²) in [5, 5.41) is 4.91. The van der Waals surface area contributed by atoms with Crippen molar-refractivity contribution in [2.45, 2.75) is 0 Å². The highest BCUT2D eigenvalue weighted by Gasteiger charge is 2.15. The van der Waals surface area contributed by atoms with Gasteiger partial charge in [-0.2, -0.15) is 9.78 Å². The van der Waals surface area contributed by atoms with E-state index in [2.05, 4.69) is 10.1 Å². The second-order valence-electron chi connectivity index (χ2n) is 7.46. The second kappa shape index (κ2) is 9.48. The maximum absolute atomic E-state index is 13.3. The summed E-state index contributed by atoms with van der Waals surface area (Å²) >= 11 is 0. The average molecular weight is 465 g/mol. The quantitative estimate of drug-likeness (QED) is 0.204. The Morgan fingerprint density at radius 1 is 0.971 bits per heavy atom. The van der Waals surface area contributed by atoms with Gasteiger partial charge in [0, 0.05) is 5.56 Å². The molecule has 2 heterocycles. The highest BCUT2D eigenvalue weighted by Crippen LogP contribution is 2.28. The first-order valence-corrected chi connectivity index (χ1v) is 10.7. The zero-order chi connectivity index (χ0) is 24.2. The number of esters is 1. The van der Waals surface area contributed by atoms with E-state index in [4.69, 9.17) is 13.9 Å². The van der Waals surface area contributed by atoms with Gasteiger partial charge in [-0.25, -0.2) is 9.78 Å². The zero-order valence-corrected chi connectivity index (χ0v) is 18.6. The van der Waals surface area contributed by atoms with Crippen LogP contribution in [0.5, 0.6) is 11.5 Å². The predicted octanol–water partition coefficient (Wildman–Crippen LogP) is 4.77. The average Bonchev–Trinajstić information content (AvgIpc) is 3.44. The van der Waals surface area contributed by atoms with Crippen LogP contribution < -0.4 is 15.0 Å². The van der Waals surface area contributed by atoms with Crippen molar-refractivity contribution in [3.05, 3.63) is 113 Å². The lowest BCUT2D eigenvalue weighted by molar-refractivity contribution is 0.0696. The van der Waals surface area contributed by atoms with Crippen LogP contribution in [0.3, 0.4) is 0 Å². The van der Waals surface area contributed by atoms with Gasteiger partial charge in [0.1, 0.15) is 0 Å². The molecule has 8 nitrogen and oxygen atoms in total. The SMILES string of the molecule is COc1cc(C=Nn2c(-c3ccccc3)nc3ccccc3c2=O)ccc1OC(=O)c1ccco1. The molecule has 0 fully saturated rings. The van der Waals surface area contributed by atoms with Gasteiger partial charge in [0.25, 0.3) is 5.56 Å². The van der Waals surface area contributed by atoms with Crippen LogP contribution in [0.15, 0.2) is 106 Å². The van der Waals surface area contributed by atoms with Gasteiger partial charge in [0.2, 0.25) is 5.76 Å². The van der Waals surface area contributed by atoms with E-state index in [1.54, 1.807) is 42.5 Å². The van der Waals surface area contributed by atoms with Crippen LogP contribution >= 0.6 is 0 Å². The van der Waals surface area contributed by atoms with Crippen LogP contribution in [0.1, 0.15) is 16.1 Å². The lowest BCUT2D eigenvalue weighted by Crippen LogP contribution is -2.20. The number of hydrogen-bond donors (Lipinski definition) is 0. The Kier molecular flexibility index (Phi) is 5.92. The minimum atomic E-state index is -0.643. The van der Waals surface area contributed by atoms with Crippen molar-refractivity contribution in [1.82, 2.24) is 9.66 Å². The minimum absolute atomic E-state index is 0.0781. The fourth-order valence-corrected chi connectivity index (χ4v) is 3.52. The highest BCUT2D eigenvalue weighted by molar-refractivity contribution is 5.89. The number of benzene rings is 3. The van der Waals surface area contributed by atoms with Crippen molar-refractivity contribution in [2.75, 3.05) is 7.11 Å². The summed E-state index contributed by atoms with van der Waals surface area (Å²) in [5.74, 6) is 0.397. The smallest absolute Gasteiger partial charge is 0.379 e. The summed E-state index contributed by atoms with van der Waals surface area (Å²) in [6.45, 7) is 0. The number of rotatable bonds is 6. The highest BCUT2D eigenvalue weighted by atomic mass is 16.6. The van der Waals surface area contributed by atoms with Crippen LogP contribution in [0.4, 0.5) is 0 Å². The number of nitrogens with zero attached hydrogens (tertiary/aromatic N) is 3. The Labute approximate surface area is 199 Å². The van der Waals surface area contributed by atoms with Crippen LogP contribution in [-0.2, 0) is 0 Å². The molecule has 0 amide bonds. The van der Waals surface area contributed by atoms with Crippen LogP contribution in [0.25, 0.3) is 22.3 Å². The fraction of sp³-hybridized carbons (Fsp3) is 0.0370. The van der Waals surface area contributed by atoms with E-state index in [1.165, 1.54) is 30.3 Å². The number of aromatic nitrogens is 2. The largest absolute Gasteiger partial charge is 0.493 e. The van der Waals surface area contributed by atoms with Gasteiger partial charge in [-0.15, -0.1) is 0 Å². The van der Waals surface area contributed by atoms with Crippen molar-refractivity contribution in [3.63, 3.8) is 0 Å². The molecular weight excluding hydrogens is 446 g/mol. The molecule has 0 aliphatic rings. The monoisotopic (exact) mass is 465 g/mol. The summed E-state index contributed by atoms with van der Waals surface area (Å²) in [7, 11) is 1.46. The number of furan rings is 1. The number of hydrogen-bond acceptors (Lipinski definition) is 7. The zero-order valence-electron chi connectivity index (χ0n) is 18.6. The van der Waals surface area contributed by atoms with Crippen LogP contribution in [0, 0.1) is 0 Å². The van der Waals surface area contributed by atoms with Gasteiger partial charge in [0.15, 0.2) is 17.3 Å². The Morgan fingerprint density at radius 2 is 1.77 bits per heavy atom. The topological polar surface area (TPSA) is 95.9 Å². The second-order valence-corrected chi connectivity index (χ2v) is 7.46. The van der Waals surface area contributed by atoms with Gasteiger partial charge in [-0.05, 0) is 48.0 Å². The Bertz CT molecular complexity index is 1590. The lowest BCUT2D eigenvalue weighted by Gasteiger charge is -2.10. The fourth-order valence-electron chi connectivity index (χ4n) is 3.52. The number of methoxy groups -OCH3 is 1. The van der Waals surface area contributed by atoms with E-state index in [0.29, 0.717) is 28.0 Å². The molecule has 5 aromatic rings. The molecule has 0 atom stereocenters. The molecule has 0 saturated heterocycles. The summed E-state index contributed by atoms with van der Waals surface area (Å²) in [6, 6.07) is 24.5. The lowest BCUT2D eigenvalue weighted by atomic mass is 10.2. The normalized spacial score (nSPS) is 11.1. The number of para-hydroxylation sites is 1. The van der Waals surface area contributed by atoms with E-state index >= 15 is 0 Å². The molecule has 3 aromatic carbocycles. The molecule has 5 rings (SSSR count). The molecule has 8 heteroatoms. The third-order valence-electron chi connectivity index (χ3n) is 5.22. The van der Waals surface area contributed by atoms with E-state index in [-0.39, 0.29) is 17.1 Å². The Balaban J connectivity index is 1.52. The van der Waals surface area contributed by atoms with E-state index < -0.39 is 5.97 Å². The molecule has 172 valence electrons. The standard InChI is InChI=1S/C27H19N3O5/c1-33-24-16-18(13-14-22(24)35-27(32)23-12-7-15-34-23)17-28-30-25(19-8-3-2-4-9-19)29-21-11-6-5-10-20(21)26(30)31/h2-17H,1H3. The van der Waals surface area contributed by atoms with Crippen molar-refractivity contribution in [2.24, 2.45) is 5.10 Å². The van der Waals surface area contributed by atoms with E-state index in [9.17, 15) is 9.59 Å². The van der Waals surface area contributed by atoms with Gasteiger partial charge >= 0.3 is 5.97 Å².